The van der Waals surface area contributed by atoms with E-state index in [2.05, 4.69) is 20.7 Å². The Balaban J connectivity index is 1.74. The molecule has 3 aromatic rings. The number of amides is 2. The molecule has 0 radical (unpaired) electrons. The Bertz CT molecular complexity index is 918. The number of carbonyl (C=O) groups excluding carboxylic acids is 2. The van der Waals surface area contributed by atoms with Crippen molar-refractivity contribution in [3.8, 4) is 5.88 Å². The molecule has 8 nitrogen and oxygen atoms in total. The molecule has 128 valence electrons. The Morgan fingerprint density at radius 3 is 2.40 bits per heavy atom. The Kier molecular flexibility index (Phi) is 4.60. The van der Waals surface area contributed by atoms with Crippen LogP contribution in [0.3, 0.4) is 0 Å². The van der Waals surface area contributed by atoms with Crippen LogP contribution >= 0.6 is 0 Å². The van der Waals surface area contributed by atoms with Crippen LogP contribution in [-0.2, 0) is 4.79 Å². The van der Waals surface area contributed by atoms with Crippen LogP contribution in [0.4, 0.5) is 11.4 Å². The van der Waals surface area contributed by atoms with E-state index in [1.165, 1.54) is 11.4 Å². The van der Waals surface area contributed by atoms with Crippen molar-refractivity contribution in [2.75, 3.05) is 17.2 Å². The quantitative estimate of drug-likeness (QED) is 0.743. The number of nitrogens with one attached hydrogen (secondary N) is 2. The molecule has 0 saturated heterocycles. The highest BCUT2D eigenvalue weighted by Gasteiger charge is 2.12. The summed E-state index contributed by atoms with van der Waals surface area (Å²) < 4.78 is 6.83. The van der Waals surface area contributed by atoms with Gasteiger partial charge in [-0.05, 0) is 37.3 Å². The average Bonchev–Trinajstić information content (AvgIpc) is 3.00. The lowest BCUT2D eigenvalue weighted by atomic mass is 10.2. The molecule has 0 aliphatic carbocycles. The monoisotopic (exact) mass is 339 g/mol. The summed E-state index contributed by atoms with van der Waals surface area (Å²) in [6.07, 6.45) is 1.54. The number of ether oxygens (including phenoxy) is 1. The number of nitrogens with zero attached hydrogens (tertiary/aromatic N) is 3. The van der Waals surface area contributed by atoms with Crippen molar-refractivity contribution in [1.29, 1.82) is 0 Å². The molecule has 0 unspecified atom stereocenters. The van der Waals surface area contributed by atoms with Crippen LogP contribution in [0.25, 0.3) is 5.65 Å². The van der Waals surface area contributed by atoms with E-state index in [4.69, 9.17) is 4.74 Å². The molecule has 0 spiro atoms. The topological polar surface area (TPSA) is 97.6 Å². The summed E-state index contributed by atoms with van der Waals surface area (Å²) in [5.41, 5.74) is 2.05. The predicted octanol–water partition coefficient (Wildman–Crippen LogP) is 2.34. The highest BCUT2D eigenvalue weighted by molar-refractivity contribution is 6.03. The van der Waals surface area contributed by atoms with Crippen molar-refractivity contribution >= 4 is 28.8 Å². The lowest BCUT2D eigenvalue weighted by molar-refractivity contribution is -0.114. The fraction of sp³-hybridized carbons (Fsp3) is 0.176. The standard InChI is InChI=1S/C17H17N5O3/c1-3-25-16-9-8-15-20-14(10-22(15)21-16)17(24)19-13-6-4-12(5-7-13)18-11(2)23/h4-10H,3H2,1-2H3,(H,18,23)(H,19,24). The number of carbonyl (C=O) groups is 2. The van der Waals surface area contributed by atoms with Crippen LogP contribution in [0, 0.1) is 0 Å². The average molecular weight is 339 g/mol. The normalized spacial score (nSPS) is 10.5. The summed E-state index contributed by atoms with van der Waals surface area (Å²) in [5.74, 6) is -0.0379. The van der Waals surface area contributed by atoms with E-state index in [1.54, 1.807) is 42.6 Å². The zero-order chi connectivity index (χ0) is 17.8. The van der Waals surface area contributed by atoms with Gasteiger partial charge in [-0.1, -0.05) is 0 Å². The van der Waals surface area contributed by atoms with E-state index >= 15 is 0 Å². The molecule has 2 aromatic heterocycles. The van der Waals surface area contributed by atoms with E-state index < -0.39 is 0 Å². The minimum absolute atomic E-state index is 0.152. The second kappa shape index (κ2) is 7.00. The van der Waals surface area contributed by atoms with Gasteiger partial charge >= 0.3 is 0 Å². The van der Waals surface area contributed by atoms with Crippen molar-refractivity contribution in [3.63, 3.8) is 0 Å². The fourth-order valence-electron chi connectivity index (χ4n) is 2.23. The zero-order valence-corrected chi connectivity index (χ0v) is 13.8. The lowest BCUT2D eigenvalue weighted by Gasteiger charge is -2.05. The summed E-state index contributed by atoms with van der Waals surface area (Å²) in [4.78, 5) is 27.6. The van der Waals surface area contributed by atoms with Gasteiger partial charge in [-0.25, -0.2) is 9.50 Å². The first-order chi connectivity index (χ1) is 12.0. The van der Waals surface area contributed by atoms with Crippen molar-refractivity contribution in [2.45, 2.75) is 13.8 Å². The molecule has 25 heavy (non-hydrogen) atoms. The molecule has 3 rings (SSSR count). The number of anilines is 2. The van der Waals surface area contributed by atoms with Crippen molar-refractivity contribution in [1.82, 2.24) is 14.6 Å². The molecule has 2 heterocycles. The third-order valence-electron chi connectivity index (χ3n) is 3.28. The van der Waals surface area contributed by atoms with E-state index in [9.17, 15) is 9.59 Å². The van der Waals surface area contributed by atoms with E-state index in [0.717, 1.165) is 0 Å². The Labute approximate surface area is 143 Å². The molecule has 2 amide bonds. The molecular formula is C17H17N5O3. The molecule has 0 saturated carbocycles. The fourth-order valence-corrected chi connectivity index (χ4v) is 2.23. The van der Waals surface area contributed by atoms with Crippen molar-refractivity contribution < 1.29 is 14.3 Å². The van der Waals surface area contributed by atoms with Crippen LogP contribution in [0.15, 0.2) is 42.6 Å². The molecule has 1 aromatic carbocycles. The van der Waals surface area contributed by atoms with Gasteiger partial charge in [-0.3, -0.25) is 9.59 Å². The van der Waals surface area contributed by atoms with Crippen LogP contribution in [0.1, 0.15) is 24.3 Å². The van der Waals surface area contributed by atoms with Gasteiger partial charge < -0.3 is 15.4 Å². The first-order valence-corrected chi connectivity index (χ1v) is 7.73. The highest BCUT2D eigenvalue weighted by atomic mass is 16.5. The first-order valence-electron chi connectivity index (χ1n) is 7.73. The number of aromatic nitrogens is 3. The molecular weight excluding hydrogens is 322 g/mol. The van der Waals surface area contributed by atoms with Gasteiger partial charge in [0.1, 0.15) is 5.69 Å². The summed E-state index contributed by atoms with van der Waals surface area (Å²) in [6.45, 7) is 3.81. The predicted molar refractivity (Wildman–Crippen MR) is 92.9 cm³/mol. The van der Waals surface area contributed by atoms with Gasteiger partial charge in [0, 0.05) is 24.4 Å². The number of hydrogen-bond donors (Lipinski definition) is 2. The number of rotatable bonds is 5. The third-order valence-corrected chi connectivity index (χ3v) is 3.28. The minimum atomic E-state index is -0.351. The molecule has 0 fully saturated rings. The first kappa shape index (κ1) is 16.4. The third kappa shape index (κ3) is 3.92. The van der Waals surface area contributed by atoms with Gasteiger partial charge in [-0.2, -0.15) is 0 Å². The van der Waals surface area contributed by atoms with E-state index in [-0.39, 0.29) is 17.5 Å². The maximum Gasteiger partial charge on any atom is 0.275 e. The molecule has 0 bridgehead atoms. The maximum absolute atomic E-state index is 12.3. The number of hydrogen-bond acceptors (Lipinski definition) is 5. The van der Waals surface area contributed by atoms with Crippen LogP contribution in [0.5, 0.6) is 5.88 Å². The number of benzene rings is 1. The molecule has 0 aliphatic rings. The van der Waals surface area contributed by atoms with Crippen LogP contribution in [0.2, 0.25) is 0 Å². The number of imidazole rings is 1. The maximum atomic E-state index is 12.3. The second-order valence-corrected chi connectivity index (χ2v) is 5.25. The molecule has 2 N–H and O–H groups in total. The molecule has 8 heteroatoms. The Morgan fingerprint density at radius 2 is 1.76 bits per heavy atom. The summed E-state index contributed by atoms with van der Waals surface area (Å²) >= 11 is 0. The summed E-state index contributed by atoms with van der Waals surface area (Å²) in [6, 6.07) is 10.2. The van der Waals surface area contributed by atoms with Crippen LogP contribution < -0.4 is 15.4 Å². The second-order valence-electron chi connectivity index (χ2n) is 5.25. The zero-order valence-electron chi connectivity index (χ0n) is 13.8. The van der Waals surface area contributed by atoms with Gasteiger partial charge in [0.25, 0.3) is 5.91 Å². The summed E-state index contributed by atoms with van der Waals surface area (Å²) in [7, 11) is 0. The van der Waals surface area contributed by atoms with Crippen molar-refractivity contribution in [2.24, 2.45) is 0 Å². The molecule has 0 atom stereocenters. The largest absolute Gasteiger partial charge is 0.477 e. The van der Waals surface area contributed by atoms with Gasteiger partial charge in [0.2, 0.25) is 11.8 Å². The van der Waals surface area contributed by atoms with Gasteiger partial charge in [0.05, 0.1) is 12.8 Å². The van der Waals surface area contributed by atoms with Gasteiger partial charge in [0.15, 0.2) is 5.65 Å². The van der Waals surface area contributed by atoms with Gasteiger partial charge in [-0.15, -0.1) is 5.10 Å². The summed E-state index contributed by atoms with van der Waals surface area (Å²) in [5, 5.41) is 9.64. The lowest BCUT2D eigenvalue weighted by Crippen LogP contribution is -2.12. The van der Waals surface area contributed by atoms with E-state index in [1.807, 2.05) is 6.92 Å². The Morgan fingerprint density at radius 1 is 1.08 bits per heavy atom. The Hall–Kier alpha value is -3.42. The SMILES string of the molecule is CCOc1ccc2nc(C(=O)Nc3ccc(NC(C)=O)cc3)cn2n1. The molecule has 0 aliphatic heterocycles. The van der Waals surface area contributed by atoms with Crippen LogP contribution in [-0.4, -0.2) is 33.0 Å². The highest BCUT2D eigenvalue weighted by Crippen LogP contribution is 2.15. The van der Waals surface area contributed by atoms with Crippen molar-refractivity contribution in [3.05, 3.63) is 48.3 Å². The minimum Gasteiger partial charge on any atom is -0.477 e. The smallest absolute Gasteiger partial charge is 0.275 e. The van der Waals surface area contributed by atoms with E-state index in [0.29, 0.717) is 29.5 Å². The number of fused-ring (bicyclic) bond motifs is 1.